The Labute approximate surface area is 160 Å². The number of methoxy groups -OCH3 is 1. The molecule has 0 atom stereocenters. The largest absolute Gasteiger partial charge is 0.493 e. The Kier molecular flexibility index (Phi) is 9.28. The van der Waals surface area contributed by atoms with Crippen LogP contribution in [0.4, 0.5) is 0 Å². The first-order chi connectivity index (χ1) is 12.7. The summed E-state index contributed by atoms with van der Waals surface area (Å²) in [6.07, 6.45) is 1.01. The second-order valence-corrected chi connectivity index (χ2v) is 6.34. The zero-order valence-corrected chi connectivity index (χ0v) is 15.9. The second kappa shape index (κ2) is 11.8. The van der Waals surface area contributed by atoms with E-state index in [1.807, 2.05) is 42.5 Å². The second-order valence-electron chi connectivity index (χ2n) is 5.91. The molecule has 0 radical (unpaired) electrons. The van der Waals surface area contributed by atoms with Gasteiger partial charge in [-0.2, -0.15) is 0 Å². The molecule has 26 heavy (non-hydrogen) atoms. The molecule has 3 N–H and O–H groups in total. The molecule has 0 aromatic heterocycles. The summed E-state index contributed by atoms with van der Waals surface area (Å²) >= 11 is 6.00. The van der Waals surface area contributed by atoms with E-state index in [0.29, 0.717) is 23.9 Å². The third-order valence-electron chi connectivity index (χ3n) is 3.84. The van der Waals surface area contributed by atoms with Gasteiger partial charge in [-0.05, 0) is 54.9 Å². The van der Waals surface area contributed by atoms with Crippen LogP contribution >= 0.6 is 11.6 Å². The summed E-state index contributed by atoms with van der Waals surface area (Å²) < 4.78 is 11.3. The van der Waals surface area contributed by atoms with Crippen molar-refractivity contribution in [3.63, 3.8) is 0 Å². The summed E-state index contributed by atoms with van der Waals surface area (Å²) in [6.45, 7) is 3.84. The maximum Gasteiger partial charge on any atom is 0.161 e. The van der Waals surface area contributed by atoms with Crippen molar-refractivity contribution in [2.75, 3.05) is 33.4 Å². The van der Waals surface area contributed by atoms with Gasteiger partial charge in [-0.1, -0.05) is 29.8 Å². The third kappa shape index (κ3) is 7.22. The van der Waals surface area contributed by atoms with Crippen LogP contribution in [0.2, 0.25) is 5.02 Å². The highest BCUT2D eigenvalue weighted by Gasteiger charge is 2.06. The van der Waals surface area contributed by atoms with Crippen LogP contribution in [0.1, 0.15) is 17.5 Å². The molecule has 0 aliphatic carbocycles. The van der Waals surface area contributed by atoms with Crippen LogP contribution in [-0.2, 0) is 13.2 Å². The predicted molar refractivity (Wildman–Crippen MR) is 105 cm³/mol. The van der Waals surface area contributed by atoms with Crippen LogP contribution < -0.4 is 20.1 Å². The minimum atomic E-state index is 0.180. The first-order valence-corrected chi connectivity index (χ1v) is 9.17. The molecule has 0 heterocycles. The Morgan fingerprint density at radius 3 is 2.58 bits per heavy atom. The molecule has 0 spiro atoms. The van der Waals surface area contributed by atoms with Gasteiger partial charge in [0.05, 0.1) is 13.7 Å². The first-order valence-electron chi connectivity index (χ1n) is 8.79. The molecule has 142 valence electrons. The molecule has 0 bridgehead atoms. The molecule has 0 saturated carbocycles. The van der Waals surface area contributed by atoms with E-state index >= 15 is 0 Å². The lowest BCUT2D eigenvalue weighted by molar-refractivity contribution is 0.284. The fraction of sp³-hybridized carbons (Fsp3) is 0.400. The normalized spacial score (nSPS) is 10.7. The lowest BCUT2D eigenvalue weighted by Gasteiger charge is -2.13. The fourth-order valence-electron chi connectivity index (χ4n) is 2.50. The van der Waals surface area contributed by atoms with Gasteiger partial charge in [0.15, 0.2) is 11.5 Å². The van der Waals surface area contributed by atoms with Gasteiger partial charge in [0.1, 0.15) is 6.61 Å². The zero-order chi connectivity index (χ0) is 18.6. The lowest BCUT2D eigenvalue weighted by atomic mass is 10.2. The van der Waals surface area contributed by atoms with Gasteiger partial charge in [0, 0.05) is 18.1 Å². The SMILES string of the molecule is COc1cc(CNCCCNCCO)ccc1OCc1cccc(Cl)c1. The van der Waals surface area contributed by atoms with Gasteiger partial charge in [0.25, 0.3) is 0 Å². The Bertz CT molecular complexity index is 667. The topological polar surface area (TPSA) is 62.8 Å². The molecule has 0 aliphatic heterocycles. The minimum Gasteiger partial charge on any atom is -0.493 e. The third-order valence-corrected chi connectivity index (χ3v) is 4.07. The summed E-state index contributed by atoms with van der Waals surface area (Å²) in [5, 5.41) is 16.0. The number of aliphatic hydroxyl groups excluding tert-OH is 1. The van der Waals surface area contributed by atoms with E-state index in [0.717, 1.165) is 42.9 Å². The summed E-state index contributed by atoms with van der Waals surface area (Å²) in [7, 11) is 1.64. The highest BCUT2D eigenvalue weighted by Crippen LogP contribution is 2.29. The number of aliphatic hydroxyl groups is 1. The van der Waals surface area contributed by atoms with Gasteiger partial charge in [-0.15, -0.1) is 0 Å². The Hall–Kier alpha value is -1.79. The van der Waals surface area contributed by atoms with Crippen LogP contribution in [0.5, 0.6) is 11.5 Å². The molecule has 5 nitrogen and oxygen atoms in total. The van der Waals surface area contributed by atoms with Gasteiger partial charge < -0.3 is 25.2 Å². The highest BCUT2D eigenvalue weighted by atomic mass is 35.5. The van der Waals surface area contributed by atoms with Crippen LogP contribution in [0, 0.1) is 0 Å². The van der Waals surface area contributed by atoms with Crippen LogP contribution in [-0.4, -0.2) is 38.5 Å². The van der Waals surface area contributed by atoms with Crippen molar-refractivity contribution in [3.05, 3.63) is 58.6 Å². The summed E-state index contributed by atoms with van der Waals surface area (Å²) in [6, 6.07) is 13.6. The van der Waals surface area contributed by atoms with E-state index in [4.69, 9.17) is 26.2 Å². The number of benzene rings is 2. The average molecular weight is 379 g/mol. The smallest absolute Gasteiger partial charge is 0.161 e. The van der Waals surface area contributed by atoms with E-state index in [9.17, 15) is 0 Å². The maximum absolute atomic E-state index is 8.70. The number of ether oxygens (including phenoxy) is 2. The summed E-state index contributed by atoms with van der Waals surface area (Å²) in [5.74, 6) is 1.43. The Morgan fingerprint density at radius 2 is 1.81 bits per heavy atom. The average Bonchev–Trinajstić information content (AvgIpc) is 2.66. The summed E-state index contributed by atoms with van der Waals surface area (Å²) in [5.41, 5.74) is 2.15. The van der Waals surface area contributed by atoms with Gasteiger partial charge in [-0.25, -0.2) is 0 Å². The number of halogens is 1. The molecular weight excluding hydrogens is 352 g/mol. The maximum atomic E-state index is 8.70. The fourth-order valence-corrected chi connectivity index (χ4v) is 2.72. The molecule has 2 aromatic rings. The Balaban J connectivity index is 1.80. The van der Waals surface area contributed by atoms with Crippen molar-refractivity contribution in [2.45, 2.75) is 19.6 Å². The van der Waals surface area contributed by atoms with E-state index in [-0.39, 0.29) is 6.61 Å². The van der Waals surface area contributed by atoms with Crippen molar-refractivity contribution in [1.82, 2.24) is 10.6 Å². The quantitative estimate of drug-likeness (QED) is 0.495. The Morgan fingerprint density at radius 1 is 0.962 bits per heavy atom. The molecule has 6 heteroatoms. The van der Waals surface area contributed by atoms with Crippen molar-refractivity contribution in [2.24, 2.45) is 0 Å². The number of hydrogen-bond donors (Lipinski definition) is 3. The van der Waals surface area contributed by atoms with Crippen molar-refractivity contribution in [1.29, 1.82) is 0 Å². The number of nitrogens with one attached hydrogen (secondary N) is 2. The van der Waals surface area contributed by atoms with Gasteiger partial charge in [0.2, 0.25) is 0 Å². The number of rotatable bonds is 12. The molecule has 0 amide bonds. The van der Waals surface area contributed by atoms with Crippen molar-refractivity contribution >= 4 is 11.6 Å². The monoisotopic (exact) mass is 378 g/mol. The predicted octanol–water partition coefficient (Wildman–Crippen LogP) is 2.99. The standard InChI is InChI=1S/C20H27ClN2O3/c1-25-20-13-16(14-23-9-3-8-22-10-11-24)6-7-19(20)26-15-17-4-2-5-18(21)12-17/h2,4-7,12-13,22-24H,3,8-11,14-15H2,1H3. The first kappa shape index (κ1) is 20.5. The lowest BCUT2D eigenvalue weighted by Crippen LogP contribution is -2.23. The van der Waals surface area contributed by atoms with Crippen LogP contribution in [0.25, 0.3) is 0 Å². The van der Waals surface area contributed by atoms with Crippen molar-refractivity contribution in [3.8, 4) is 11.5 Å². The van der Waals surface area contributed by atoms with Crippen LogP contribution in [0.15, 0.2) is 42.5 Å². The van der Waals surface area contributed by atoms with E-state index in [1.165, 1.54) is 0 Å². The molecule has 0 fully saturated rings. The van der Waals surface area contributed by atoms with Gasteiger partial charge >= 0.3 is 0 Å². The number of hydrogen-bond acceptors (Lipinski definition) is 5. The van der Waals surface area contributed by atoms with E-state index in [2.05, 4.69) is 10.6 Å². The molecule has 0 unspecified atom stereocenters. The zero-order valence-electron chi connectivity index (χ0n) is 15.1. The molecule has 2 aromatic carbocycles. The molecule has 0 saturated heterocycles. The molecular formula is C20H27ClN2O3. The van der Waals surface area contributed by atoms with Gasteiger partial charge in [-0.3, -0.25) is 0 Å². The minimum absolute atomic E-state index is 0.180. The van der Waals surface area contributed by atoms with Crippen LogP contribution in [0.3, 0.4) is 0 Å². The summed E-state index contributed by atoms with van der Waals surface area (Å²) in [4.78, 5) is 0. The van der Waals surface area contributed by atoms with E-state index < -0.39 is 0 Å². The molecule has 0 aliphatic rings. The van der Waals surface area contributed by atoms with E-state index in [1.54, 1.807) is 7.11 Å². The van der Waals surface area contributed by atoms with Crippen molar-refractivity contribution < 1.29 is 14.6 Å². The highest BCUT2D eigenvalue weighted by molar-refractivity contribution is 6.30. The molecule has 2 rings (SSSR count).